The molecule has 0 aromatic heterocycles. The zero-order chi connectivity index (χ0) is 25.7. The van der Waals surface area contributed by atoms with E-state index in [9.17, 15) is 18.8 Å². The van der Waals surface area contributed by atoms with E-state index in [1.807, 2.05) is 6.92 Å². The van der Waals surface area contributed by atoms with Gasteiger partial charge in [0.05, 0.1) is 18.7 Å². The summed E-state index contributed by atoms with van der Waals surface area (Å²) in [6.45, 7) is 2.33. The quantitative estimate of drug-likeness (QED) is 0.451. The average Bonchev–Trinajstić information content (AvgIpc) is 3.08. The van der Waals surface area contributed by atoms with Crippen LogP contribution in [0.2, 0.25) is 0 Å². The molecule has 1 heterocycles. The van der Waals surface area contributed by atoms with Gasteiger partial charge in [-0.15, -0.1) is 0 Å². The Labute approximate surface area is 212 Å². The van der Waals surface area contributed by atoms with E-state index in [1.54, 1.807) is 54.6 Å². The molecule has 0 saturated carbocycles. The molecule has 2 N–H and O–H groups in total. The molecule has 1 aliphatic heterocycles. The first kappa shape index (κ1) is 24.8. The molecule has 10 heteroatoms. The van der Waals surface area contributed by atoms with Crippen LogP contribution in [0.15, 0.2) is 78.9 Å². The van der Waals surface area contributed by atoms with Gasteiger partial charge >= 0.3 is 0 Å². The number of halogens is 1. The van der Waals surface area contributed by atoms with Crippen molar-refractivity contribution in [1.29, 1.82) is 0 Å². The summed E-state index contributed by atoms with van der Waals surface area (Å²) in [5, 5.41) is 3.92. The fourth-order valence-corrected chi connectivity index (χ4v) is 4.10. The van der Waals surface area contributed by atoms with E-state index in [4.69, 9.17) is 17.0 Å². The molecule has 3 amide bonds. The maximum atomic E-state index is 13.7. The summed E-state index contributed by atoms with van der Waals surface area (Å²) in [4.78, 5) is 40.4. The summed E-state index contributed by atoms with van der Waals surface area (Å²) in [7, 11) is 0. The number of anilines is 2. The van der Waals surface area contributed by atoms with Crippen LogP contribution in [-0.4, -0.2) is 40.5 Å². The highest BCUT2D eigenvalue weighted by atomic mass is 32.1. The van der Waals surface area contributed by atoms with E-state index < -0.39 is 29.6 Å². The molecule has 1 atom stereocenters. The lowest BCUT2D eigenvalue weighted by Crippen LogP contribution is -2.49. The number of hydrogen-bond acceptors (Lipinski definition) is 5. The maximum absolute atomic E-state index is 13.7. The van der Waals surface area contributed by atoms with Gasteiger partial charge in [0.25, 0.3) is 11.8 Å². The number of ether oxygens (including phenoxy) is 1. The summed E-state index contributed by atoms with van der Waals surface area (Å²) >= 11 is 5.51. The molecule has 1 saturated heterocycles. The minimum atomic E-state index is -1.12. The molecule has 3 aromatic carbocycles. The Hall–Kier alpha value is -4.31. The van der Waals surface area contributed by atoms with Crippen molar-refractivity contribution in [3.63, 3.8) is 0 Å². The Bertz CT molecular complexity index is 1300. The Morgan fingerprint density at radius 2 is 1.78 bits per heavy atom. The molecule has 36 heavy (non-hydrogen) atoms. The number of hydrogen-bond donors (Lipinski definition) is 2. The number of para-hydroxylation sites is 1. The molecule has 0 bridgehead atoms. The Kier molecular flexibility index (Phi) is 7.55. The van der Waals surface area contributed by atoms with Gasteiger partial charge in [-0.1, -0.05) is 30.3 Å². The predicted octanol–water partition coefficient (Wildman–Crippen LogP) is 3.90. The van der Waals surface area contributed by atoms with Gasteiger partial charge in [0, 0.05) is 17.3 Å². The summed E-state index contributed by atoms with van der Waals surface area (Å²) in [6.07, 6.45) is -0.301. The number of benzene rings is 3. The Morgan fingerprint density at radius 3 is 2.50 bits per heavy atom. The van der Waals surface area contributed by atoms with Crippen LogP contribution < -0.4 is 20.4 Å². The van der Waals surface area contributed by atoms with Crippen LogP contribution in [0.4, 0.5) is 15.8 Å². The first-order valence-corrected chi connectivity index (χ1v) is 11.6. The number of rotatable bonds is 8. The molecule has 0 aliphatic carbocycles. The Morgan fingerprint density at radius 1 is 1.03 bits per heavy atom. The summed E-state index contributed by atoms with van der Waals surface area (Å²) in [6, 6.07) is 19.5. The average molecular weight is 507 g/mol. The van der Waals surface area contributed by atoms with Gasteiger partial charge in [0.2, 0.25) is 11.0 Å². The first-order valence-electron chi connectivity index (χ1n) is 11.2. The zero-order valence-corrected chi connectivity index (χ0v) is 20.1. The van der Waals surface area contributed by atoms with E-state index in [1.165, 1.54) is 28.1 Å². The van der Waals surface area contributed by atoms with Gasteiger partial charge < -0.3 is 10.1 Å². The van der Waals surface area contributed by atoms with Gasteiger partial charge in [-0.2, -0.15) is 0 Å². The molecule has 1 unspecified atom stereocenters. The van der Waals surface area contributed by atoms with Gasteiger partial charge in [-0.05, 0) is 61.6 Å². The van der Waals surface area contributed by atoms with E-state index in [0.717, 1.165) is 6.07 Å². The minimum Gasteiger partial charge on any atom is -0.494 e. The molecule has 184 valence electrons. The number of carbonyl (C=O) groups excluding carboxylic acids is 3. The van der Waals surface area contributed by atoms with Crippen molar-refractivity contribution >= 4 is 46.4 Å². The molecule has 4 rings (SSSR count). The third kappa shape index (κ3) is 5.49. The number of thiocarbonyl (C=S) groups is 1. The van der Waals surface area contributed by atoms with Crippen LogP contribution in [0.5, 0.6) is 5.75 Å². The number of hydrazine groups is 1. The normalized spacial score (nSPS) is 15.1. The highest BCUT2D eigenvalue weighted by Gasteiger charge is 2.45. The van der Waals surface area contributed by atoms with Crippen molar-refractivity contribution in [3.05, 3.63) is 90.2 Å². The highest BCUT2D eigenvalue weighted by Crippen LogP contribution is 2.26. The molecule has 0 spiro atoms. The topological polar surface area (TPSA) is 91.0 Å². The number of nitrogens with one attached hydrogen (secondary N) is 2. The van der Waals surface area contributed by atoms with Crippen molar-refractivity contribution in [3.8, 4) is 5.75 Å². The fraction of sp³-hybridized carbons (Fsp3) is 0.154. The van der Waals surface area contributed by atoms with Crippen LogP contribution in [0.1, 0.15) is 23.7 Å². The standard InChI is InChI=1S/C26H23FN4O4S/c1-2-35-21-13-7-10-19(15-21)28-23(32)16-22-25(34)30(20-11-4-3-5-12-20)26(36)31(22)29-24(33)17-8-6-9-18(27)14-17/h3-15,22H,2,16H2,1H3,(H,28,32)(H,29,33). The molecule has 1 aliphatic rings. The van der Waals surface area contributed by atoms with Crippen molar-refractivity contribution in [2.24, 2.45) is 0 Å². The van der Waals surface area contributed by atoms with Gasteiger partial charge in [-0.25, -0.2) is 9.40 Å². The van der Waals surface area contributed by atoms with Gasteiger partial charge in [-0.3, -0.25) is 24.7 Å². The monoisotopic (exact) mass is 506 g/mol. The molecular weight excluding hydrogens is 483 g/mol. The largest absolute Gasteiger partial charge is 0.494 e. The van der Waals surface area contributed by atoms with Gasteiger partial charge in [0.15, 0.2) is 0 Å². The number of carbonyl (C=O) groups is 3. The molecule has 1 fully saturated rings. The number of nitrogens with zero attached hydrogens (tertiary/aromatic N) is 2. The van der Waals surface area contributed by atoms with Crippen molar-refractivity contribution < 1.29 is 23.5 Å². The van der Waals surface area contributed by atoms with E-state index in [-0.39, 0.29) is 17.1 Å². The fourth-order valence-electron chi connectivity index (χ4n) is 3.74. The van der Waals surface area contributed by atoms with Gasteiger partial charge in [0.1, 0.15) is 17.6 Å². The van der Waals surface area contributed by atoms with Crippen LogP contribution in [0, 0.1) is 5.82 Å². The number of amides is 3. The van der Waals surface area contributed by atoms with Crippen molar-refractivity contribution in [2.75, 3.05) is 16.8 Å². The van der Waals surface area contributed by atoms with E-state index >= 15 is 0 Å². The lowest BCUT2D eigenvalue weighted by molar-refractivity contribution is -0.124. The molecular formula is C26H23FN4O4S. The summed E-state index contributed by atoms with van der Waals surface area (Å²) in [5.74, 6) is -1.62. The molecule has 0 radical (unpaired) electrons. The molecule has 8 nitrogen and oxygen atoms in total. The first-order chi connectivity index (χ1) is 17.4. The third-order valence-corrected chi connectivity index (χ3v) is 5.72. The highest BCUT2D eigenvalue weighted by molar-refractivity contribution is 7.80. The minimum absolute atomic E-state index is 0.00732. The second-order valence-electron chi connectivity index (χ2n) is 7.84. The van der Waals surface area contributed by atoms with Crippen LogP contribution >= 0.6 is 12.2 Å². The van der Waals surface area contributed by atoms with Crippen LogP contribution in [0.3, 0.4) is 0 Å². The van der Waals surface area contributed by atoms with E-state index in [0.29, 0.717) is 23.7 Å². The zero-order valence-electron chi connectivity index (χ0n) is 19.3. The second kappa shape index (κ2) is 11.0. The van der Waals surface area contributed by atoms with Crippen molar-refractivity contribution in [2.45, 2.75) is 19.4 Å². The lowest BCUT2D eigenvalue weighted by Gasteiger charge is -2.24. The molecule has 3 aromatic rings. The summed E-state index contributed by atoms with van der Waals surface area (Å²) < 4.78 is 19.1. The Balaban J connectivity index is 1.57. The summed E-state index contributed by atoms with van der Waals surface area (Å²) in [5.41, 5.74) is 3.60. The maximum Gasteiger partial charge on any atom is 0.269 e. The van der Waals surface area contributed by atoms with Crippen molar-refractivity contribution in [1.82, 2.24) is 10.4 Å². The smallest absolute Gasteiger partial charge is 0.269 e. The van der Waals surface area contributed by atoms with Crippen LogP contribution in [-0.2, 0) is 9.59 Å². The van der Waals surface area contributed by atoms with Crippen LogP contribution in [0.25, 0.3) is 0 Å². The lowest BCUT2D eigenvalue weighted by atomic mass is 10.1. The third-order valence-electron chi connectivity index (χ3n) is 5.35. The predicted molar refractivity (Wildman–Crippen MR) is 137 cm³/mol. The second-order valence-corrected chi connectivity index (χ2v) is 8.21. The SMILES string of the molecule is CCOc1cccc(NC(=O)CC2C(=O)N(c3ccccc3)C(=S)N2NC(=O)c2cccc(F)c2)c1. The van der Waals surface area contributed by atoms with E-state index in [2.05, 4.69) is 10.7 Å².